The number of nitrogens with one attached hydrogen (secondary N) is 1. The van der Waals surface area contributed by atoms with Crippen molar-refractivity contribution in [2.75, 3.05) is 5.75 Å². The molecule has 2 aliphatic rings. The fraction of sp³-hybridized carbons (Fsp3) is 0.333. The van der Waals surface area contributed by atoms with Crippen LogP contribution in [0.4, 0.5) is 0 Å². The summed E-state index contributed by atoms with van der Waals surface area (Å²) in [5.41, 5.74) is 1.40. The van der Waals surface area contributed by atoms with Crippen molar-refractivity contribution in [2.24, 2.45) is 0 Å². The van der Waals surface area contributed by atoms with Crippen LogP contribution in [0.15, 0.2) is 22.7 Å². The number of hydrogen-bond acceptors (Lipinski definition) is 4. The summed E-state index contributed by atoms with van der Waals surface area (Å²) in [5.74, 6) is -1.00. The number of carbonyl (C=O) groups excluding carboxylic acids is 2. The van der Waals surface area contributed by atoms with Gasteiger partial charge in [0.1, 0.15) is 6.04 Å². The lowest BCUT2D eigenvalue weighted by molar-refractivity contribution is -0.124. The first-order chi connectivity index (χ1) is 9.37. The molecule has 3 rings (SSSR count). The first kappa shape index (κ1) is 13.6. The van der Waals surface area contributed by atoms with Gasteiger partial charge in [-0.05, 0) is 30.2 Å². The van der Waals surface area contributed by atoms with Crippen LogP contribution < -0.4 is 4.72 Å². The normalized spacial score (nSPS) is 24.4. The number of carbonyl (C=O) groups is 2. The number of benzene rings is 1. The van der Waals surface area contributed by atoms with Crippen LogP contribution in [0, 0.1) is 0 Å². The Kier molecular flexibility index (Phi) is 3.09. The van der Waals surface area contributed by atoms with Gasteiger partial charge in [-0.3, -0.25) is 14.3 Å². The highest BCUT2D eigenvalue weighted by Crippen LogP contribution is 2.29. The summed E-state index contributed by atoms with van der Waals surface area (Å²) in [7, 11) is -3.53. The third kappa shape index (κ3) is 2.22. The molecule has 0 spiro atoms. The van der Waals surface area contributed by atoms with Crippen molar-refractivity contribution < 1.29 is 18.0 Å². The van der Waals surface area contributed by atoms with Crippen molar-refractivity contribution in [1.29, 1.82) is 0 Å². The van der Waals surface area contributed by atoms with E-state index in [1.165, 1.54) is 4.90 Å². The SMILES string of the molecule is O=C1NS(=O)(=O)CCC1N1Cc2cc(Br)ccc2C1=O. The molecule has 1 aromatic carbocycles. The van der Waals surface area contributed by atoms with E-state index in [4.69, 9.17) is 0 Å². The summed E-state index contributed by atoms with van der Waals surface area (Å²) < 4.78 is 25.5. The van der Waals surface area contributed by atoms with E-state index < -0.39 is 22.0 Å². The molecule has 0 bridgehead atoms. The van der Waals surface area contributed by atoms with Crippen molar-refractivity contribution in [3.63, 3.8) is 0 Å². The molecule has 0 aliphatic carbocycles. The first-order valence-electron chi connectivity index (χ1n) is 6.01. The quantitative estimate of drug-likeness (QED) is 0.797. The number of hydrogen-bond donors (Lipinski definition) is 1. The number of amides is 2. The van der Waals surface area contributed by atoms with Gasteiger partial charge in [0.15, 0.2) is 0 Å². The van der Waals surface area contributed by atoms with E-state index >= 15 is 0 Å². The molecule has 1 aromatic rings. The molecule has 6 nitrogen and oxygen atoms in total. The van der Waals surface area contributed by atoms with Crippen LogP contribution in [-0.2, 0) is 21.4 Å². The maximum atomic E-state index is 12.3. The molecule has 1 atom stereocenters. The molecular formula is C12H11BrN2O4S. The highest BCUT2D eigenvalue weighted by atomic mass is 79.9. The Morgan fingerprint density at radius 3 is 2.75 bits per heavy atom. The minimum Gasteiger partial charge on any atom is -0.322 e. The van der Waals surface area contributed by atoms with Crippen molar-refractivity contribution in [3.05, 3.63) is 33.8 Å². The van der Waals surface area contributed by atoms with Gasteiger partial charge in [-0.25, -0.2) is 8.42 Å². The zero-order valence-electron chi connectivity index (χ0n) is 10.3. The van der Waals surface area contributed by atoms with Gasteiger partial charge in [0.25, 0.3) is 11.8 Å². The van der Waals surface area contributed by atoms with Gasteiger partial charge < -0.3 is 4.90 Å². The van der Waals surface area contributed by atoms with Gasteiger partial charge in [-0.15, -0.1) is 0 Å². The van der Waals surface area contributed by atoms with E-state index in [0.29, 0.717) is 12.1 Å². The molecule has 2 amide bonds. The largest absolute Gasteiger partial charge is 0.322 e. The first-order valence-corrected chi connectivity index (χ1v) is 8.46. The van der Waals surface area contributed by atoms with Gasteiger partial charge in [-0.1, -0.05) is 15.9 Å². The molecule has 1 unspecified atom stereocenters. The maximum Gasteiger partial charge on any atom is 0.256 e. The zero-order chi connectivity index (χ0) is 14.5. The van der Waals surface area contributed by atoms with Crippen LogP contribution in [-0.4, -0.2) is 36.9 Å². The Bertz CT molecular complexity index is 716. The topological polar surface area (TPSA) is 83.6 Å². The van der Waals surface area contributed by atoms with Crippen LogP contribution >= 0.6 is 15.9 Å². The third-order valence-electron chi connectivity index (χ3n) is 3.49. The fourth-order valence-corrected chi connectivity index (χ4v) is 4.02. The van der Waals surface area contributed by atoms with Gasteiger partial charge >= 0.3 is 0 Å². The Hall–Kier alpha value is -1.41. The van der Waals surface area contributed by atoms with Crippen LogP contribution in [0.2, 0.25) is 0 Å². The van der Waals surface area contributed by atoms with Crippen LogP contribution in [0.5, 0.6) is 0 Å². The second-order valence-electron chi connectivity index (χ2n) is 4.82. The molecule has 0 radical (unpaired) electrons. The number of nitrogens with zero attached hydrogens (tertiary/aromatic N) is 1. The van der Waals surface area contributed by atoms with Gasteiger partial charge in [0, 0.05) is 16.6 Å². The summed E-state index contributed by atoms with van der Waals surface area (Å²) >= 11 is 3.34. The molecule has 1 saturated heterocycles. The number of sulfonamides is 1. The Morgan fingerprint density at radius 1 is 1.30 bits per heavy atom. The van der Waals surface area contributed by atoms with E-state index in [1.807, 2.05) is 10.8 Å². The van der Waals surface area contributed by atoms with E-state index in [9.17, 15) is 18.0 Å². The van der Waals surface area contributed by atoms with E-state index in [0.717, 1.165) is 10.0 Å². The maximum absolute atomic E-state index is 12.3. The molecule has 0 saturated carbocycles. The summed E-state index contributed by atoms with van der Waals surface area (Å²) in [6.45, 7) is 0.325. The Labute approximate surface area is 124 Å². The molecule has 2 heterocycles. The van der Waals surface area contributed by atoms with E-state index in [1.54, 1.807) is 12.1 Å². The zero-order valence-corrected chi connectivity index (χ0v) is 12.7. The highest BCUT2D eigenvalue weighted by molar-refractivity contribution is 9.10. The standard InChI is InChI=1S/C12H11BrN2O4S/c13-8-1-2-9-7(5-8)6-15(12(9)17)10-3-4-20(18,19)14-11(10)16/h1-2,5,10H,3-4,6H2,(H,14,16). The van der Waals surface area contributed by atoms with Gasteiger partial charge in [0.05, 0.1) is 5.75 Å². The molecule has 8 heteroatoms. The lowest BCUT2D eigenvalue weighted by atomic mass is 10.1. The van der Waals surface area contributed by atoms with Crippen molar-refractivity contribution in [3.8, 4) is 0 Å². The van der Waals surface area contributed by atoms with Crippen molar-refractivity contribution in [2.45, 2.75) is 19.0 Å². The molecule has 2 aliphatic heterocycles. The molecule has 1 N–H and O–H groups in total. The molecule has 1 fully saturated rings. The minimum atomic E-state index is -3.53. The molecule has 0 aromatic heterocycles. The van der Waals surface area contributed by atoms with Crippen molar-refractivity contribution >= 4 is 37.8 Å². The predicted octanol–water partition coefficient (Wildman–Crippen LogP) is 0.623. The fourth-order valence-electron chi connectivity index (χ4n) is 2.53. The molecule has 20 heavy (non-hydrogen) atoms. The predicted molar refractivity (Wildman–Crippen MR) is 74.4 cm³/mol. The van der Waals surface area contributed by atoms with E-state index in [2.05, 4.69) is 15.9 Å². The van der Waals surface area contributed by atoms with Crippen molar-refractivity contribution in [1.82, 2.24) is 9.62 Å². The summed E-state index contributed by atoms with van der Waals surface area (Å²) in [4.78, 5) is 25.6. The number of rotatable bonds is 1. The average molecular weight is 359 g/mol. The number of halogens is 1. The van der Waals surface area contributed by atoms with Crippen LogP contribution in [0.1, 0.15) is 22.3 Å². The molecule has 106 valence electrons. The Balaban J connectivity index is 1.88. The minimum absolute atomic E-state index is 0.134. The smallest absolute Gasteiger partial charge is 0.256 e. The summed E-state index contributed by atoms with van der Waals surface area (Å²) in [6.07, 6.45) is 0.134. The molecular weight excluding hydrogens is 348 g/mol. The summed E-state index contributed by atoms with van der Waals surface area (Å²) in [6, 6.07) is 4.59. The van der Waals surface area contributed by atoms with Gasteiger partial charge in [-0.2, -0.15) is 0 Å². The lowest BCUT2D eigenvalue weighted by Gasteiger charge is -2.29. The highest BCUT2D eigenvalue weighted by Gasteiger charge is 2.40. The second kappa shape index (κ2) is 4.56. The van der Waals surface area contributed by atoms with Gasteiger partial charge in [0.2, 0.25) is 10.0 Å². The Morgan fingerprint density at radius 2 is 2.05 bits per heavy atom. The summed E-state index contributed by atoms with van der Waals surface area (Å²) in [5, 5.41) is 0. The lowest BCUT2D eigenvalue weighted by Crippen LogP contribution is -2.53. The van der Waals surface area contributed by atoms with E-state index in [-0.39, 0.29) is 18.1 Å². The van der Waals surface area contributed by atoms with Crippen LogP contribution in [0.25, 0.3) is 0 Å². The number of fused-ring (bicyclic) bond motifs is 1. The average Bonchev–Trinajstić information content (AvgIpc) is 2.65. The third-order valence-corrected chi connectivity index (χ3v) is 5.27. The second-order valence-corrected chi connectivity index (χ2v) is 7.58. The monoisotopic (exact) mass is 358 g/mol. The van der Waals surface area contributed by atoms with Crippen LogP contribution in [0.3, 0.4) is 0 Å².